The topological polar surface area (TPSA) is 29.0 Å². The molecule has 0 amide bonds. The first-order valence-corrected chi connectivity index (χ1v) is 6.75. The standard InChI is InChI=1S/C13H20ClN3/c1-9-7-5-4-6-8-17(9)13-12(14)15-10(2)11(3)16-13/h9H,4-8H2,1-3H3. The van der Waals surface area contributed by atoms with Gasteiger partial charge >= 0.3 is 0 Å². The van der Waals surface area contributed by atoms with Crippen LogP contribution in [0.4, 0.5) is 5.82 Å². The minimum Gasteiger partial charge on any atom is -0.351 e. The second-order valence-corrected chi connectivity index (χ2v) is 5.26. The first-order valence-electron chi connectivity index (χ1n) is 6.37. The molecule has 1 aliphatic heterocycles. The smallest absolute Gasteiger partial charge is 0.171 e. The first-order chi connectivity index (χ1) is 8.09. The van der Waals surface area contributed by atoms with E-state index in [2.05, 4.69) is 21.8 Å². The zero-order valence-electron chi connectivity index (χ0n) is 10.8. The van der Waals surface area contributed by atoms with Gasteiger partial charge in [0.2, 0.25) is 0 Å². The molecule has 1 atom stereocenters. The summed E-state index contributed by atoms with van der Waals surface area (Å²) < 4.78 is 0. The summed E-state index contributed by atoms with van der Waals surface area (Å²) in [6.07, 6.45) is 5.03. The van der Waals surface area contributed by atoms with Crippen LogP contribution in [-0.2, 0) is 0 Å². The predicted molar refractivity (Wildman–Crippen MR) is 71.8 cm³/mol. The molecule has 0 bridgehead atoms. The maximum Gasteiger partial charge on any atom is 0.171 e. The van der Waals surface area contributed by atoms with Gasteiger partial charge in [-0.05, 0) is 33.6 Å². The van der Waals surface area contributed by atoms with Crippen LogP contribution in [0, 0.1) is 13.8 Å². The Bertz CT molecular complexity index is 406. The van der Waals surface area contributed by atoms with E-state index in [4.69, 9.17) is 11.6 Å². The van der Waals surface area contributed by atoms with E-state index in [1.807, 2.05) is 13.8 Å². The summed E-state index contributed by atoms with van der Waals surface area (Å²) in [6, 6.07) is 0.506. The second kappa shape index (κ2) is 5.21. The molecule has 4 heteroatoms. The highest BCUT2D eigenvalue weighted by atomic mass is 35.5. The molecule has 2 heterocycles. The van der Waals surface area contributed by atoms with Gasteiger partial charge in [0.25, 0.3) is 0 Å². The lowest BCUT2D eigenvalue weighted by molar-refractivity contribution is 0.609. The van der Waals surface area contributed by atoms with E-state index in [0.717, 1.165) is 23.8 Å². The van der Waals surface area contributed by atoms with Crippen LogP contribution in [0.5, 0.6) is 0 Å². The van der Waals surface area contributed by atoms with Gasteiger partial charge in [0.05, 0.1) is 11.4 Å². The van der Waals surface area contributed by atoms with Crippen LogP contribution in [0.3, 0.4) is 0 Å². The molecule has 0 aromatic carbocycles. The maximum absolute atomic E-state index is 6.24. The number of aromatic nitrogens is 2. The Hall–Kier alpha value is -0.830. The Kier molecular flexibility index (Phi) is 3.87. The third-order valence-electron chi connectivity index (χ3n) is 3.57. The summed E-state index contributed by atoms with van der Waals surface area (Å²) in [5.74, 6) is 0.865. The fraction of sp³-hybridized carbons (Fsp3) is 0.692. The van der Waals surface area contributed by atoms with Crippen molar-refractivity contribution in [1.29, 1.82) is 0 Å². The molecule has 94 valence electrons. The molecule has 3 nitrogen and oxygen atoms in total. The molecule has 0 aliphatic carbocycles. The molecule has 1 aromatic rings. The van der Waals surface area contributed by atoms with Gasteiger partial charge < -0.3 is 4.90 Å². The zero-order chi connectivity index (χ0) is 12.4. The van der Waals surface area contributed by atoms with Crippen molar-refractivity contribution in [2.24, 2.45) is 0 Å². The highest BCUT2D eigenvalue weighted by molar-refractivity contribution is 6.31. The lowest BCUT2D eigenvalue weighted by Crippen LogP contribution is -2.33. The molecule has 17 heavy (non-hydrogen) atoms. The molecule has 1 saturated heterocycles. The summed E-state index contributed by atoms with van der Waals surface area (Å²) in [7, 11) is 0. The molecule has 1 aromatic heterocycles. The van der Waals surface area contributed by atoms with Gasteiger partial charge in [-0.15, -0.1) is 0 Å². The summed E-state index contributed by atoms with van der Waals surface area (Å²) in [6.45, 7) is 7.23. The molecule has 1 aliphatic rings. The van der Waals surface area contributed by atoms with Crippen molar-refractivity contribution in [1.82, 2.24) is 9.97 Å². The second-order valence-electron chi connectivity index (χ2n) is 4.90. The third-order valence-corrected chi connectivity index (χ3v) is 3.83. The van der Waals surface area contributed by atoms with Gasteiger partial charge in [-0.1, -0.05) is 24.4 Å². The lowest BCUT2D eigenvalue weighted by Gasteiger charge is -2.29. The van der Waals surface area contributed by atoms with Gasteiger partial charge in [0, 0.05) is 12.6 Å². The summed E-state index contributed by atoms with van der Waals surface area (Å²) in [5.41, 5.74) is 1.89. The molecule has 0 spiro atoms. The van der Waals surface area contributed by atoms with Crippen molar-refractivity contribution in [3.63, 3.8) is 0 Å². The Balaban J connectivity index is 2.34. The largest absolute Gasteiger partial charge is 0.351 e. The molecule has 2 rings (SSSR count). The number of halogens is 1. The normalized spacial score (nSPS) is 21.4. The van der Waals surface area contributed by atoms with Crippen LogP contribution in [0.15, 0.2) is 0 Å². The van der Waals surface area contributed by atoms with Gasteiger partial charge in [-0.3, -0.25) is 0 Å². The average molecular weight is 254 g/mol. The van der Waals surface area contributed by atoms with Crippen molar-refractivity contribution >= 4 is 17.4 Å². The van der Waals surface area contributed by atoms with Crippen LogP contribution < -0.4 is 4.90 Å². The molecule has 1 unspecified atom stereocenters. The lowest BCUT2D eigenvalue weighted by atomic mass is 10.1. The van der Waals surface area contributed by atoms with Crippen molar-refractivity contribution < 1.29 is 0 Å². The van der Waals surface area contributed by atoms with Gasteiger partial charge in [0.1, 0.15) is 0 Å². The predicted octanol–water partition coefficient (Wildman–Crippen LogP) is 3.52. The van der Waals surface area contributed by atoms with Crippen LogP contribution in [0.25, 0.3) is 0 Å². The van der Waals surface area contributed by atoms with Gasteiger partial charge in [-0.25, -0.2) is 9.97 Å². The molecular weight excluding hydrogens is 234 g/mol. The quantitative estimate of drug-likeness (QED) is 0.767. The molecule has 0 radical (unpaired) electrons. The van der Waals surface area contributed by atoms with E-state index >= 15 is 0 Å². The van der Waals surface area contributed by atoms with E-state index in [-0.39, 0.29) is 0 Å². The maximum atomic E-state index is 6.24. The number of rotatable bonds is 1. The van der Waals surface area contributed by atoms with Crippen molar-refractivity contribution in [3.05, 3.63) is 16.5 Å². The van der Waals surface area contributed by atoms with Gasteiger partial charge in [0.15, 0.2) is 11.0 Å². The molecule has 0 N–H and O–H groups in total. The van der Waals surface area contributed by atoms with Crippen LogP contribution in [-0.4, -0.2) is 22.6 Å². The Labute approximate surface area is 108 Å². The Morgan fingerprint density at radius 3 is 2.59 bits per heavy atom. The number of hydrogen-bond acceptors (Lipinski definition) is 3. The minimum absolute atomic E-state index is 0.506. The Morgan fingerprint density at radius 2 is 1.82 bits per heavy atom. The summed E-state index contributed by atoms with van der Waals surface area (Å²) >= 11 is 6.24. The molecule has 1 fully saturated rings. The van der Waals surface area contributed by atoms with Crippen molar-refractivity contribution in [2.45, 2.75) is 52.5 Å². The highest BCUT2D eigenvalue weighted by Crippen LogP contribution is 2.28. The van der Waals surface area contributed by atoms with Crippen molar-refractivity contribution in [2.75, 3.05) is 11.4 Å². The van der Waals surface area contributed by atoms with E-state index < -0.39 is 0 Å². The molecule has 0 saturated carbocycles. The van der Waals surface area contributed by atoms with Crippen LogP contribution in [0.2, 0.25) is 5.15 Å². The summed E-state index contributed by atoms with van der Waals surface area (Å²) in [4.78, 5) is 11.3. The van der Waals surface area contributed by atoms with E-state index in [1.54, 1.807) is 0 Å². The summed E-state index contributed by atoms with van der Waals surface area (Å²) in [5, 5.41) is 0.543. The van der Waals surface area contributed by atoms with E-state index in [1.165, 1.54) is 25.7 Å². The molecular formula is C13H20ClN3. The SMILES string of the molecule is Cc1nc(Cl)c(N2CCCCCC2C)nc1C. The monoisotopic (exact) mass is 253 g/mol. The fourth-order valence-electron chi connectivity index (χ4n) is 2.34. The number of hydrogen-bond donors (Lipinski definition) is 0. The Morgan fingerprint density at radius 1 is 1.12 bits per heavy atom. The van der Waals surface area contributed by atoms with Crippen LogP contribution in [0.1, 0.15) is 44.0 Å². The fourth-order valence-corrected chi connectivity index (χ4v) is 2.61. The van der Waals surface area contributed by atoms with Crippen molar-refractivity contribution in [3.8, 4) is 0 Å². The minimum atomic E-state index is 0.506. The van der Waals surface area contributed by atoms with E-state index in [9.17, 15) is 0 Å². The number of aryl methyl sites for hydroxylation is 2. The van der Waals surface area contributed by atoms with Crippen LogP contribution >= 0.6 is 11.6 Å². The third kappa shape index (κ3) is 2.71. The first kappa shape index (κ1) is 12.6. The zero-order valence-corrected chi connectivity index (χ0v) is 11.6. The number of nitrogens with zero attached hydrogens (tertiary/aromatic N) is 3. The average Bonchev–Trinajstić information content (AvgIpc) is 2.49. The number of anilines is 1. The van der Waals surface area contributed by atoms with E-state index in [0.29, 0.717) is 11.2 Å². The van der Waals surface area contributed by atoms with Gasteiger partial charge in [-0.2, -0.15) is 0 Å². The highest BCUT2D eigenvalue weighted by Gasteiger charge is 2.21.